The molecule has 1 aromatic rings. The van der Waals surface area contributed by atoms with Crippen LogP contribution in [0, 0.1) is 10.1 Å². The summed E-state index contributed by atoms with van der Waals surface area (Å²) in [5.74, 6) is -0.0246. The number of thioether (sulfide) groups is 1. The first-order valence-electron chi connectivity index (χ1n) is 7.69. The SMILES string of the molecule is CSC(=S)C1=C(NCCN=Cc2cc([N+](=O)[O-])ccc2O)CCC1.[O]=[99Tc]. The van der Waals surface area contributed by atoms with Gasteiger partial charge in [0.15, 0.2) is 0 Å². The molecule has 0 heterocycles. The van der Waals surface area contributed by atoms with E-state index in [0.717, 1.165) is 42.3 Å². The van der Waals surface area contributed by atoms with Gasteiger partial charge in [0, 0.05) is 36.2 Å². The van der Waals surface area contributed by atoms with Crippen LogP contribution in [0.3, 0.4) is 0 Å². The second-order valence-corrected chi connectivity index (χ2v) is 6.75. The van der Waals surface area contributed by atoms with Crippen LogP contribution in [-0.4, -0.2) is 39.8 Å². The first kappa shape index (κ1) is 22.6. The molecule has 0 fully saturated rings. The van der Waals surface area contributed by atoms with Crippen molar-refractivity contribution in [3.8, 4) is 5.75 Å². The molecule has 0 aliphatic heterocycles. The number of nitro benzene ring substituents is 1. The summed E-state index contributed by atoms with van der Waals surface area (Å²) in [5.41, 5.74) is 2.70. The maximum absolute atomic E-state index is 10.8. The average molecular weight is 480 g/mol. The van der Waals surface area contributed by atoms with E-state index in [-0.39, 0.29) is 11.4 Å². The number of allylic oxidation sites excluding steroid dienone is 1. The van der Waals surface area contributed by atoms with Gasteiger partial charge in [0.2, 0.25) is 0 Å². The second-order valence-electron chi connectivity index (χ2n) is 5.26. The van der Waals surface area contributed by atoms with Gasteiger partial charge in [-0.3, -0.25) is 15.1 Å². The molecule has 0 amide bonds. The Morgan fingerprint density at radius 2 is 2.23 bits per heavy atom. The van der Waals surface area contributed by atoms with Crippen LogP contribution >= 0.6 is 24.0 Å². The van der Waals surface area contributed by atoms with Gasteiger partial charge >= 0.3 is 22.4 Å². The van der Waals surface area contributed by atoms with E-state index < -0.39 is 4.92 Å². The molecule has 0 saturated heterocycles. The molecule has 1 aliphatic carbocycles. The summed E-state index contributed by atoms with van der Waals surface area (Å²) in [5, 5.41) is 23.8. The van der Waals surface area contributed by atoms with Crippen molar-refractivity contribution in [1.29, 1.82) is 0 Å². The molecule has 1 aromatic carbocycles. The van der Waals surface area contributed by atoms with Gasteiger partial charge in [0.05, 0.1) is 15.7 Å². The standard InChI is InChI=1S/C16H19N3O3S2.O.Tc/c1-24-16(23)13-3-2-4-14(13)18-8-7-17-10-11-9-12(19(21)22)5-6-15(11)20;;/h5-6,9-10,18,20H,2-4,7-8H2,1H3;;/i;;1+1. The number of aromatic hydroxyl groups is 1. The van der Waals surface area contributed by atoms with Crippen LogP contribution in [0.4, 0.5) is 5.69 Å². The van der Waals surface area contributed by atoms with Gasteiger partial charge in [-0.25, -0.2) is 0 Å². The Hall–Kier alpha value is -1.48. The number of phenols is 1. The summed E-state index contributed by atoms with van der Waals surface area (Å²) >= 11 is 7.85. The number of nitro groups is 1. The number of benzene rings is 1. The molecule has 2 rings (SSSR count). The van der Waals surface area contributed by atoms with Crippen LogP contribution < -0.4 is 5.32 Å². The van der Waals surface area contributed by atoms with Gasteiger partial charge in [-0.1, -0.05) is 12.2 Å². The topological polar surface area (TPSA) is 105 Å². The van der Waals surface area contributed by atoms with Crippen LogP contribution in [0.15, 0.2) is 34.5 Å². The zero-order valence-electron chi connectivity index (χ0n) is 14.1. The predicted molar refractivity (Wildman–Crippen MR) is 103 cm³/mol. The van der Waals surface area contributed by atoms with E-state index in [9.17, 15) is 15.2 Å². The Morgan fingerprint density at radius 3 is 2.88 bits per heavy atom. The minimum absolute atomic E-state index is 0.0246. The first-order valence-corrected chi connectivity index (χ1v) is 10.1. The number of phenolic OH excluding ortho intramolecular Hbond substituents is 1. The molecule has 7 nitrogen and oxygen atoms in total. The summed E-state index contributed by atoms with van der Waals surface area (Å²) in [4.78, 5) is 14.5. The van der Waals surface area contributed by atoms with Crippen LogP contribution in [0.1, 0.15) is 24.8 Å². The average Bonchev–Trinajstić information content (AvgIpc) is 3.12. The fourth-order valence-corrected chi connectivity index (χ4v) is 3.18. The number of thiocarbonyl (C=S) groups is 1. The summed E-state index contributed by atoms with van der Waals surface area (Å²) < 4.78 is 9.16. The van der Waals surface area contributed by atoms with Gasteiger partial charge in [-0.05, 0) is 37.2 Å². The zero-order chi connectivity index (χ0) is 19.5. The number of non-ortho nitro benzene ring substituents is 1. The summed E-state index contributed by atoms with van der Waals surface area (Å²) in [6.07, 6.45) is 6.59. The van der Waals surface area contributed by atoms with Gasteiger partial charge in [-0.2, -0.15) is 0 Å². The van der Waals surface area contributed by atoms with Crippen molar-refractivity contribution < 1.29 is 32.4 Å². The summed E-state index contributed by atoms with van der Waals surface area (Å²) in [6, 6.07) is 3.87. The molecule has 0 spiro atoms. The number of rotatable bonds is 7. The van der Waals surface area contributed by atoms with Crippen LogP contribution in [-0.2, 0) is 22.4 Å². The van der Waals surface area contributed by atoms with Crippen LogP contribution in [0.2, 0.25) is 0 Å². The number of aliphatic imine (C=N–C) groups is 1. The van der Waals surface area contributed by atoms with E-state index in [1.54, 1.807) is 11.8 Å². The van der Waals surface area contributed by atoms with Gasteiger partial charge in [-0.15, -0.1) is 11.8 Å². The Morgan fingerprint density at radius 1 is 1.50 bits per heavy atom. The molecule has 10 heteroatoms. The third-order valence-corrected chi connectivity index (χ3v) is 5.04. The van der Waals surface area contributed by atoms with Crippen molar-refractivity contribution in [3.63, 3.8) is 0 Å². The number of nitrogens with zero attached hydrogens (tertiary/aromatic N) is 2. The summed E-state index contributed by atoms with van der Waals surface area (Å²) in [6.45, 7) is 1.16. The molecule has 0 saturated carbocycles. The molecule has 141 valence electrons. The third-order valence-electron chi connectivity index (χ3n) is 3.68. The van der Waals surface area contributed by atoms with Crippen LogP contribution in [0.25, 0.3) is 0 Å². The van der Waals surface area contributed by atoms with Gasteiger partial charge < -0.3 is 10.4 Å². The van der Waals surface area contributed by atoms with E-state index in [2.05, 4.69) is 10.3 Å². The molecule has 0 bridgehead atoms. The molecule has 2 N–H and O–H groups in total. The molecular weight excluding hydrogens is 461 g/mol. The van der Waals surface area contributed by atoms with Gasteiger partial charge in [0.25, 0.3) is 5.69 Å². The number of nitrogens with one attached hydrogen (secondary N) is 1. The number of hydrogen-bond acceptors (Lipinski definition) is 8. The maximum atomic E-state index is 10.8. The monoisotopic (exact) mass is 480 g/mol. The molecule has 26 heavy (non-hydrogen) atoms. The molecule has 0 aromatic heterocycles. The number of hydrogen-bond donors (Lipinski definition) is 2. The Balaban J connectivity index is 0.00000163. The molecule has 0 radical (unpaired) electrons. The summed E-state index contributed by atoms with van der Waals surface area (Å²) in [7, 11) is 0. The van der Waals surface area contributed by atoms with Crippen molar-refractivity contribution in [1.82, 2.24) is 5.32 Å². The first-order chi connectivity index (χ1) is 12.5. The molecular formula is C16H19N3O4S2Tc. The van der Waals surface area contributed by atoms with Crippen molar-refractivity contribution in [2.24, 2.45) is 4.99 Å². The minimum atomic E-state index is -0.499. The fraction of sp³-hybridized carbons (Fsp3) is 0.375. The molecule has 0 atom stereocenters. The van der Waals surface area contributed by atoms with Crippen molar-refractivity contribution >= 4 is 40.1 Å². The van der Waals surface area contributed by atoms with E-state index in [4.69, 9.17) is 15.7 Å². The normalized spacial score (nSPS) is 13.4. The predicted octanol–water partition coefficient (Wildman–Crippen LogP) is 3.32. The van der Waals surface area contributed by atoms with E-state index >= 15 is 0 Å². The zero-order valence-corrected chi connectivity index (χ0v) is 17.6. The Bertz CT molecular complexity index is 725. The van der Waals surface area contributed by atoms with Crippen molar-refractivity contribution in [2.75, 3.05) is 19.3 Å². The molecule has 0 unspecified atom stereocenters. The Kier molecular flexibility index (Phi) is 10.4. The van der Waals surface area contributed by atoms with E-state index in [1.165, 1.54) is 35.7 Å². The molecule has 1 aliphatic rings. The third kappa shape index (κ3) is 6.68. The second kappa shape index (κ2) is 12.0. The van der Waals surface area contributed by atoms with Crippen LogP contribution in [0.5, 0.6) is 5.75 Å². The Labute approximate surface area is 171 Å². The van der Waals surface area contributed by atoms with E-state index in [0.29, 0.717) is 18.7 Å². The van der Waals surface area contributed by atoms with Gasteiger partial charge in [0.1, 0.15) is 5.75 Å². The fourth-order valence-electron chi connectivity index (χ4n) is 2.48. The van der Waals surface area contributed by atoms with Crippen molar-refractivity contribution in [3.05, 3.63) is 45.1 Å². The quantitative estimate of drug-likeness (QED) is 0.203. The van der Waals surface area contributed by atoms with E-state index in [1.807, 2.05) is 6.26 Å². The van der Waals surface area contributed by atoms with Crippen molar-refractivity contribution in [2.45, 2.75) is 19.3 Å².